The lowest BCUT2D eigenvalue weighted by Gasteiger charge is -2.20. The Hall–Kier alpha value is -3.14. The third-order valence-electron chi connectivity index (χ3n) is 4.11. The van der Waals surface area contributed by atoms with Gasteiger partial charge in [0.25, 0.3) is 0 Å². The maximum absolute atomic E-state index is 13.6. The molecule has 1 aromatic carbocycles. The van der Waals surface area contributed by atoms with E-state index in [-0.39, 0.29) is 23.2 Å². The molecule has 0 atom stereocenters. The Morgan fingerprint density at radius 2 is 2.03 bits per heavy atom. The number of aromatic nitrogens is 2. The van der Waals surface area contributed by atoms with Gasteiger partial charge in [0.1, 0.15) is 11.4 Å². The molecule has 30 heavy (non-hydrogen) atoms. The van der Waals surface area contributed by atoms with E-state index in [9.17, 15) is 18.0 Å². The van der Waals surface area contributed by atoms with Crippen LogP contribution in [0.25, 0.3) is 11.4 Å². The lowest BCUT2D eigenvalue weighted by molar-refractivity contribution is -0.138. The van der Waals surface area contributed by atoms with Crippen molar-refractivity contribution in [1.82, 2.24) is 9.97 Å². The Morgan fingerprint density at radius 1 is 1.23 bits per heavy atom. The first kappa shape index (κ1) is 21.6. The highest BCUT2D eigenvalue weighted by Gasteiger charge is 2.36. The minimum Gasteiger partial charge on any atom is -0.493 e. The topological polar surface area (TPSA) is 81.3 Å². The van der Waals surface area contributed by atoms with Crippen LogP contribution in [0.5, 0.6) is 5.75 Å². The molecule has 2 amide bonds. The molecule has 0 aliphatic carbocycles. The monoisotopic (exact) mass is 436 g/mol. The molecule has 0 spiro atoms. The van der Waals surface area contributed by atoms with Gasteiger partial charge in [0.2, 0.25) is 0 Å². The summed E-state index contributed by atoms with van der Waals surface area (Å²) in [5, 5.41) is 1.79. The lowest BCUT2D eigenvalue weighted by atomic mass is 10.1. The Balaban J connectivity index is 1.98. The molecule has 0 bridgehead atoms. The fourth-order valence-electron chi connectivity index (χ4n) is 2.66. The van der Waals surface area contributed by atoms with Crippen molar-refractivity contribution in [1.29, 1.82) is 0 Å². The molecule has 0 aliphatic rings. The number of urea groups is 1. The van der Waals surface area contributed by atoms with Crippen molar-refractivity contribution in [2.24, 2.45) is 5.73 Å². The maximum Gasteiger partial charge on any atom is 0.420 e. The van der Waals surface area contributed by atoms with E-state index < -0.39 is 17.8 Å². The summed E-state index contributed by atoms with van der Waals surface area (Å²) in [6.07, 6.45) is -1.66. The zero-order valence-electron chi connectivity index (χ0n) is 16.0. The molecule has 2 aromatic heterocycles. The SMILES string of the molecule is CCCCOc1ccc(N(C(N)=O)c2nc(-c3ccccn3)cs2)cc1C(F)(F)F. The number of nitrogens with two attached hydrogens (primary N) is 1. The second-order valence-corrected chi connectivity index (χ2v) is 7.12. The van der Waals surface area contributed by atoms with Crippen LogP contribution >= 0.6 is 11.3 Å². The predicted octanol–water partition coefficient (Wildman–Crippen LogP) is 5.62. The van der Waals surface area contributed by atoms with Crippen molar-refractivity contribution < 1.29 is 22.7 Å². The number of primary amides is 1. The average Bonchev–Trinajstić information content (AvgIpc) is 3.18. The molecule has 0 radical (unpaired) electrons. The summed E-state index contributed by atoms with van der Waals surface area (Å²) in [5.41, 5.74) is 5.48. The highest BCUT2D eigenvalue weighted by Crippen LogP contribution is 2.40. The van der Waals surface area contributed by atoms with Gasteiger partial charge in [-0.1, -0.05) is 19.4 Å². The number of unbranched alkanes of at least 4 members (excludes halogenated alkanes) is 1. The number of alkyl halides is 3. The van der Waals surface area contributed by atoms with Gasteiger partial charge in [-0.3, -0.25) is 4.98 Å². The largest absolute Gasteiger partial charge is 0.493 e. The number of hydrogen-bond acceptors (Lipinski definition) is 5. The Labute approximate surface area is 175 Å². The fourth-order valence-corrected chi connectivity index (χ4v) is 3.50. The van der Waals surface area contributed by atoms with Gasteiger partial charge in [-0.15, -0.1) is 11.3 Å². The number of rotatable bonds is 7. The van der Waals surface area contributed by atoms with Crippen LogP contribution in [-0.2, 0) is 6.18 Å². The van der Waals surface area contributed by atoms with Gasteiger partial charge in [-0.05, 0) is 36.8 Å². The van der Waals surface area contributed by atoms with Crippen LogP contribution < -0.4 is 15.4 Å². The number of pyridine rings is 1. The van der Waals surface area contributed by atoms with Crippen molar-refractivity contribution in [3.8, 4) is 17.1 Å². The van der Waals surface area contributed by atoms with Gasteiger partial charge in [-0.2, -0.15) is 13.2 Å². The minimum atomic E-state index is -4.66. The van der Waals surface area contributed by atoms with Crippen LogP contribution in [-0.4, -0.2) is 22.6 Å². The van der Waals surface area contributed by atoms with Crippen LogP contribution in [0.2, 0.25) is 0 Å². The van der Waals surface area contributed by atoms with Gasteiger partial charge in [0.05, 0.1) is 23.6 Å². The molecule has 0 aliphatic heterocycles. The van der Waals surface area contributed by atoms with Crippen LogP contribution in [0.15, 0.2) is 48.0 Å². The zero-order valence-corrected chi connectivity index (χ0v) is 16.8. The second-order valence-electron chi connectivity index (χ2n) is 6.28. The van der Waals surface area contributed by atoms with E-state index >= 15 is 0 Å². The summed E-state index contributed by atoms with van der Waals surface area (Å²) < 4.78 is 46.1. The van der Waals surface area contributed by atoms with E-state index in [1.54, 1.807) is 29.8 Å². The van der Waals surface area contributed by atoms with Gasteiger partial charge < -0.3 is 10.5 Å². The quantitative estimate of drug-likeness (QED) is 0.488. The van der Waals surface area contributed by atoms with Gasteiger partial charge in [0, 0.05) is 11.6 Å². The van der Waals surface area contributed by atoms with E-state index in [1.807, 2.05) is 6.92 Å². The molecule has 0 fully saturated rings. The smallest absolute Gasteiger partial charge is 0.420 e. The van der Waals surface area contributed by atoms with Crippen molar-refractivity contribution in [3.05, 3.63) is 53.5 Å². The highest BCUT2D eigenvalue weighted by molar-refractivity contribution is 7.14. The molecule has 0 saturated heterocycles. The number of thiazole rings is 1. The summed E-state index contributed by atoms with van der Waals surface area (Å²) in [4.78, 5) is 21.5. The predicted molar refractivity (Wildman–Crippen MR) is 109 cm³/mol. The normalized spacial score (nSPS) is 11.3. The van der Waals surface area contributed by atoms with Crippen molar-refractivity contribution in [2.45, 2.75) is 25.9 Å². The highest BCUT2D eigenvalue weighted by atomic mass is 32.1. The number of ether oxygens (including phenoxy) is 1. The number of carbonyl (C=O) groups is 1. The second kappa shape index (κ2) is 9.12. The zero-order chi connectivity index (χ0) is 21.7. The van der Waals surface area contributed by atoms with E-state index in [0.29, 0.717) is 17.8 Å². The number of benzene rings is 1. The van der Waals surface area contributed by atoms with E-state index in [1.165, 1.54) is 12.1 Å². The molecule has 0 saturated carbocycles. The number of halogens is 3. The minimum absolute atomic E-state index is 0.0559. The van der Waals surface area contributed by atoms with Gasteiger partial charge >= 0.3 is 12.2 Å². The molecular weight excluding hydrogens is 417 g/mol. The first-order valence-corrected chi connectivity index (χ1v) is 9.99. The number of hydrogen-bond donors (Lipinski definition) is 1. The summed E-state index contributed by atoms with van der Waals surface area (Å²) in [6, 6.07) is 7.69. The van der Waals surface area contributed by atoms with E-state index in [0.717, 1.165) is 28.7 Å². The summed E-state index contributed by atoms with van der Waals surface area (Å²) in [5.74, 6) is -0.294. The number of carbonyl (C=O) groups excluding carboxylic acids is 1. The molecule has 2 heterocycles. The summed E-state index contributed by atoms with van der Waals surface area (Å²) in [7, 11) is 0. The molecule has 2 N–H and O–H groups in total. The Morgan fingerprint density at radius 3 is 2.67 bits per heavy atom. The number of anilines is 2. The third-order valence-corrected chi connectivity index (χ3v) is 4.94. The van der Waals surface area contributed by atoms with Crippen molar-refractivity contribution in [3.63, 3.8) is 0 Å². The van der Waals surface area contributed by atoms with Crippen LogP contribution in [0.1, 0.15) is 25.3 Å². The number of nitrogens with zero attached hydrogens (tertiary/aromatic N) is 3. The lowest BCUT2D eigenvalue weighted by Crippen LogP contribution is -2.31. The Kier molecular flexibility index (Phi) is 6.56. The third kappa shape index (κ3) is 4.88. The molecule has 3 rings (SSSR count). The van der Waals surface area contributed by atoms with Crippen LogP contribution in [0.4, 0.5) is 28.8 Å². The summed E-state index contributed by atoms with van der Waals surface area (Å²) in [6.45, 7) is 2.08. The van der Waals surface area contributed by atoms with E-state index in [2.05, 4.69) is 9.97 Å². The molecule has 3 aromatic rings. The van der Waals surface area contributed by atoms with Crippen LogP contribution in [0.3, 0.4) is 0 Å². The molecule has 6 nitrogen and oxygen atoms in total. The first-order chi connectivity index (χ1) is 14.3. The maximum atomic E-state index is 13.6. The number of amides is 2. The summed E-state index contributed by atoms with van der Waals surface area (Å²) >= 11 is 1.07. The molecule has 0 unspecified atom stereocenters. The molecule has 158 valence electrons. The van der Waals surface area contributed by atoms with Gasteiger partial charge in [0.15, 0.2) is 5.13 Å². The average molecular weight is 436 g/mol. The van der Waals surface area contributed by atoms with Crippen LogP contribution in [0, 0.1) is 0 Å². The molecular formula is C20H19F3N4O2S. The van der Waals surface area contributed by atoms with E-state index in [4.69, 9.17) is 10.5 Å². The van der Waals surface area contributed by atoms with Gasteiger partial charge in [-0.25, -0.2) is 14.7 Å². The molecule has 10 heteroatoms. The Bertz CT molecular complexity index is 1010. The van der Waals surface area contributed by atoms with Crippen molar-refractivity contribution >= 4 is 28.2 Å². The first-order valence-electron chi connectivity index (χ1n) is 9.11. The fraction of sp³-hybridized carbons (Fsp3) is 0.250. The standard InChI is InChI=1S/C20H19F3N4O2S/c1-2-3-10-29-17-8-7-13(11-14(17)20(21,22)23)27(18(24)28)19-26-16(12-30-19)15-6-4-5-9-25-15/h4-9,11-12H,2-3,10H2,1H3,(H2,24,28). The van der Waals surface area contributed by atoms with Crippen molar-refractivity contribution in [2.75, 3.05) is 11.5 Å².